The number of nitrogens with zero attached hydrogens (tertiary/aromatic N) is 1. The van der Waals surface area contributed by atoms with Gasteiger partial charge < -0.3 is 26.0 Å². The maximum absolute atomic E-state index is 10.8. The molecular formula is C18H30N4O2. The summed E-state index contributed by atoms with van der Waals surface area (Å²) in [6, 6.07) is 8.19. The van der Waals surface area contributed by atoms with Crippen LogP contribution in [0.25, 0.3) is 0 Å². The Labute approximate surface area is 144 Å². The lowest BCUT2D eigenvalue weighted by molar-refractivity contribution is -0.123. The molecule has 2 fully saturated rings. The highest BCUT2D eigenvalue weighted by Gasteiger charge is 2.25. The summed E-state index contributed by atoms with van der Waals surface area (Å²) < 4.78 is 5.34. The quantitative estimate of drug-likeness (QED) is 0.763. The van der Waals surface area contributed by atoms with Gasteiger partial charge in [-0.1, -0.05) is 19.1 Å². The van der Waals surface area contributed by atoms with Crippen molar-refractivity contribution in [3.63, 3.8) is 0 Å². The van der Waals surface area contributed by atoms with Crippen LogP contribution >= 0.6 is 0 Å². The average molecular weight is 334 g/mol. The Morgan fingerprint density at radius 2 is 1.92 bits per heavy atom. The number of piperidine rings is 1. The Bertz CT molecular complexity index is 517. The molecule has 0 saturated carbocycles. The maximum atomic E-state index is 10.8. The van der Waals surface area contributed by atoms with E-state index in [0.29, 0.717) is 5.92 Å². The summed E-state index contributed by atoms with van der Waals surface area (Å²) in [7, 11) is 1.72. The number of para-hydroxylation sites is 2. The van der Waals surface area contributed by atoms with Crippen molar-refractivity contribution in [3.8, 4) is 5.75 Å². The van der Waals surface area contributed by atoms with E-state index in [-0.39, 0.29) is 11.8 Å². The number of carbonyl (C=O) groups excluding carboxylic acids is 1. The molecule has 134 valence electrons. The van der Waals surface area contributed by atoms with Crippen molar-refractivity contribution in [1.29, 1.82) is 0 Å². The minimum Gasteiger partial charge on any atom is -0.495 e. The van der Waals surface area contributed by atoms with E-state index in [2.05, 4.69) is 34.6 Å². The number of carbonyl (C=O) groups is 1. The summed E-state index contributed by atoms with van der Waals surface area (Å²) in [5.74, 6) is 1.33. The lowest BCUT2D eigenvalue weighted by atomic mass is 9.87. The van der Waals surface area contributed by atoms with Crippen LogP contribution in [-0.4, -0.2) is 52.3 Å². The van der Waals surface area contributed by atoms with Crippen LogP contribution in [0.2, 0.25) is 0 Å². The van der Waals surface area contributed by atoms with Crippen LogP contribution in [0.3, 0.4) is 0 Å². The summed E-state index contributed by atoms with van der Waals surface area (Å²) in [6.07, 6.45) is 0.899. The maximum Gasteiger partial charge on any atom is 0.220 e. The fraction of sp³-hybridized carbons (Fsp3) is 0.611. The minimum atomic E-state index is -0.144. The van der Waals surface area contributed by atoms with Gasteiger partial charge >= 0.3 is 0 Å². The number of rotatable bonds is 3. The molecule has 6 heteroatoms. The van der Waals surface area contributed by atoms with Gasteiger partial charge in [0.15, 0.2) is 0 Å². The minimum absolute atomic E-state index is 0.0984. The molecule has 0 radical (unpaired) electrons. The van der Waals surface area contributed by atoms with Crippen LogP contribution < -0.4 is 26.0 Å². The van der Waals surface area contributed by atoms with Crippen LogP contribution in [0, 0.1) is 11.8 Å². The van der Waals surface area contributed by atoms with E-state index in [1.165, 1.54) is 5.69 Å². The number of piperazine rings is 1. The Balaban J connectivity index is 0.000000185. The molecule has 2 saturated heterocycles. The van der Waals surface area contributed by atoms with E-state index in [4.69, 9.17) is 10.5 Å². The van der Waals surface area contributed by atoms with Gasteiger partial charge in [0.2, 0.25) is 5.91 Å². The number of nitrogens with one attached hydrogen (secondary N) is 2. The SMILES string of the molecule is CC1CNCCC1C(N)=O.COc1ccccc1N1CCNCC1. The highest BCUT2D eigenvalue weighted by atomic mass is 16.5. The van der Waals surface area contributed by atoms with Gasteiger partial charge in [-0.15, -0.1) is 0 Å². The van der Waals surface area contributed by atoms with E-state index in [9.17, 15) is 4.79 Å². The van der Waals surface area contributed by atoms with E-state index < -0.39 is 0 Å². The number of nitrogens with two attached hydrogens (primary N) is 1. The second kappa shape index (κ2) is 9.49. The van der Waals surface area contributed by atoms with Crippen LogP contribution in [0.15, 0.2) is 24.3 Å². The van der Waals surface area contributed by atoms with Crippen LogP contribution in [0.4, 0.5) is 5.69 Å². The summed E-state index contributed by atoms with van der Waals surface area (Å²) in [4.78, 5) is 13.1. The normalized spacial score (nSPS) is 23.8. The van der Waals surface area contributed by atoms with Gasteiger partial charge in [0.25, 0.3) is 0 Å². The third-order valence-corrected chi connectivity index (χ3v) is 4.69. The first-order chi connectivity index (χ1) is 11.6. The third kappa shape index (κ3) is 5.11. The number of methoxy groups -OCH3 is 1. The number of primary amides is 1. The third-order valence-electron chi connectivity index (χ3n) is 4.69. The van der Waals surface area contributed by atoms with Crippen molar-refractivity contribution in [2.75, 3.05) is 51.3 Å². The summed E-state index contributed by atoms with van der Waals surface area (Å²) in [5.41, 5.74) is 6.40. The van der Waals surface area contributed by atoms with E-state index >= 15 is 0 Å². The number of benzene rings is 1. The van der Waals surface area contributed by atoms with Crippen LogP contribution in [0.1, 0.15) is 13.3 Å². The second-order valence-electron chi connectivity index (χ2n) is 6.39. The molecule has 0 aromatic heterocycles. The molecule has 2 heterocycles. The number of anilines is 1. The standard InChI is InChI=1S/C11H16N2O.C7H14N2O/c1-14-11-5-3-2-4-10(11)13-8-6-12-7-9-13;1-5-4-9-3-2-6(5)7(8)10/h2-5,12H,6-9H2,1H3;5-6,9H,2-4H2,1H3,(H2,8,10). The molecule has 2 unspecified atom stereocenters. The molecule has 0 bridgehead atoms. The van der Waals surface area contributed by atoms with E-state index in [1.54, 1.807) is 7.11 Å². The summed E-state index contributed by atoms with van der Waals surface area (Å²) in [6.45, 7) is 8.13. The first-order valence-electron chi connectivity index (χ1n) is 8.72. The van der Waals surface area contributed by atoms with Crippen molar-refractivity contribution in [2.45, 2.75) is 13.3 Å². The Kier molecular flexibility index (Phi) is 7.34. The predicted molar refractivity (Wildman–Crippen MR) is 97.4 cm³/mol. The van der Waals surface area contributed by atoms with Crippen molar-refractivity contribution in [2.24, 2.45) is 17.6 Å². The number of ether oxygens (including phenoxy) is 1. The lowest BCUT2D eigenvalue weighted by Crippen LogP contribution is -2.43. The molecule has 1 aromatic rings. The first-order valence-corrected chi connectivity index (χ1v) is 8.72. The molecule has 24 heavy (non-hydrogen) atoms. The molecule has 6 nitrogen and oxygen atoms in total. The second-order valence-corrected chi connectivity index (χ2v) is 6.39. The van der Waals surface area contributed by atoms with Crippen molar-refractivity contribution in [1.82, 2.24) is 10.6 Å². The highest BCUT2D eigenvalue weighted by Crippen LogP contribution is 2.27. The Morgan fingerprint density at radius 1 is 1.21 bits per heavy atom. The Morgan fingerprint density at radius 3 is 2.50 bits per heavy atom. The van der Waals surface area contributed by atoms with Gasteiger partial charge in [-0.05, 0) is 37.6 Å². The van der Waals surface area contributed by atoms with Gasteiger partial charge in [0, 0.05) is 32.1 Å². The first kappa shape index (κ1) is 18.5. The van der Waals surface area contributed by atoms with Crippen LogP contribution in [0.5, 0.6) is 5.75 Å². The smallest absolute Gasteiger partial charge is 0.220 e. The molecule has 0 spiro atoms. The monoisotopic (exact) mass is 334 g/mol. The zero-order valence-electron chi connectivity index (χ0n) is 14.8. The van der Waals surface area contributed by atoms with E-state index in [1.807, 2.05) is 12.1 Å². The molecule has 2 aliphatic rings. The van der Waals surface area contributed by atoms with Gasteiger partial charge in [0.1, 0.15) is 5.75 Å². The number of hydrogen-bond donors (Lipinski definition) is 3. The predicted octanol–water partition coefficient (Wildman–Crippen LogP) is 0.822. The van der Waals surface area contributed by atoms with Gasteiger partial charge in [-0.2, -0.15) is 0 Å². The van der Waals surface area contributed by atoms with Crippen molar-refractivity contribution >= 4 is 11.6 Å². The molecule has 2 aliphatic heterocycles. The number of amides is 1. The largest absolute Gasteiger partial charge is 0.495 e. The average Bonchev–Trinajstić information content (AvgIpc) is 2.63. The molecule has 1 aromatic carbocycles. The van der Waals surface area contributed by atoms with Crippen LogP contribution in [-0.2, 0) is 4.79 Å². The summed E-state index contributed by atoms with van der Waals surface area (Å²) in [5, 5.41) is 6.55. The van der Waals surface area contributed by atoms with Crippen molar-refractivity contribution in [3.05, 3.63) is 24.3 Å². The molecule has 4 N–H and O–H groups in total. The molecular weight excluding hydrogens is 304 g/mol. The summed E-state index contributed by atoms with van der Waals surface area (Å²) >= 11 is 0. The molecule has 3 rings (SSSR count). The van der Waals surface area contributed by atoms with Crippen molar-refractivity contribution < 1.29 is 9.53 Å². The Hall–Kier alpha value is -1.79. The topological polar surface area (TPSA) is 79.6 Å². The van der Waals surface area contributed by atoms with Gasteiger partial charge in [-0.3, -0.25) is 4.79 Å². The van der Waals surface area contributed by atoms with Gasteiger partial charge in [0.05, 0.1) is 12.8 Å². The zero-order chi connectivity index (χ0) is 17.4. The molecule has 1 amide bonds. The highest BCUT2D eigenvalue weighted by molar-refractivity contribution is 5.77. The molecule has 0 aliphatic carbocycles. The molecule has 2 atom stereocenters. The number of hydrogen-bond acceptors (Lipinski definition) is 5. The fourth-order valence-electron chi connectivity index (χ4n) is 3.23. The fourth-order valence-corrected chi connectivity index (χ4v) is 3.23. The lowest BCUT2D eigenvalue weighted by Gasteiger charge is -2.30. The van der Waals surface area contributed by atoms with E-state index in [0.717, 1.165) is 51.4 Å². The zero-order valence-corrected chi connectivity index (χ0v) is 14.8. The van der Waals surface area contributed by atoms with Gasteiger partial charge in [-0.25, -0.2) is 0 Å².